The molecular weight excluding hydrogens is 230 g/mol. The highest BCUT2D eigenvalue weighted by Crippen LogP contribution is 2.44. The van der Waals surface area contributed by atoms with Gasteiger partial charge < -0.3 is 5.32 Å². The van der Waals surface area contributed by atoms with Crippen LogP contribution in [0.1, 0.15) is 37.7 Å². The van der Waals surface area contributed by atoms with E-state index in [1.165, 1.54) is 44.2 Å². The molecule has 1 heteroatoms. The highest BCUT2D eigenvalue weighted by atomic mass is 14.9. The molecule has 0 heterocycles. The lowest BCUT2D eigenvalue weighted by Gasteiger charge is -2.31. The second-order valence-corrected chi connectivity index (χ2v) is 6.65. The SMILES string of the molecule is C1=C(c2ccccc2)[C@@H](NCC2CC2)C2CCC1C2. The van der Waals surface area contributed by atoms with E-state index in [0.29, 0.717) is 6.04 Å². The minimum atomic E-state index is 0.613. The van der Waals surface area contributed by atoms with Crippen LogP contribution in [0.15, 0.2) is 36.4 Å². The third-order valence-corrected chi connectivity index (χ3v) is 5.17. The smallest absolute Gasteiger partial charge is 0.0351 e. The Kier molecular flexibility index (Phi) is 2.96. The third-order valence-electron chi connectivity index (χ3n) is 5.17. The summed E-state index contributed by atoms with van der Waals surface area (Å²) < 4.78 is 0. The van der Waals surface area contributed by atoms with Crippen LogP contribution in [0, 0.1) is 17.8 Å². The average molecular weight is 253 g/mol. The molecule has 1 aromatic rings. The van der Waals surface area contributed by atoms with Crippen molar-refractivity contribution in [3.05, 3.63) is 42.0 Å². The zero-order valence-electron chi connectivity index (χ0n) is 11.5. The van der Waals surface area contributed by atoms with Gasteiger partial charge in [0, 0.05) is 6.04 Å². The summed E-state index contributed by atoms with van der Waals surface area (Å²) in [6.45, 7) is 1.23. The molecular formula is C18H23N. The van der Waals surface area contributed by atoms with Gasteiger partial charge in [0.05, 0.1) is 0 Å². The van der Waals surface area contributed by atoms with Crippen molar-refractivity contribution in [1.82, 2.24) is 5.32 Å². The number of nitrogens with one attached hydrogen (secondary N) is 1. The van der Waals surface area contributed by atoms with Gasteiger partial charge in [-0.1, -0.05) is 36.4 Å². The minimum absolute atomic E-state index is 0.613. The van der Waals surface area contributed by atoms with Gasteiger partial charge in [0.1, 0.15) is 0 Å². The van der Waals surface area contributed by atoms with Crippen molar-refractivity contribution in [2.75, 3.05) is 6.54 Å². The van der Waals surface area contributed by atoms with Gasteiger partial charge in [-0.2, -0.15) is 0 Å². The lowest BCUT2D eigenvalue weighted by molar-refractivity contribution is 0.399. The summed E-state index contributed by atoms with van der Waals surface area (Å²) in [6, 6.07) is 11.6. The lowest BCUT2D eigenvalue weighted by Crippen LogP contribution is -2.39. The summed E-state index contributed by atoms with van der Waals surface area (Å²) >= 11 is 0. The molecule has 19 heavy (non-hydrogen) atoms. The number of allylic oxidation sites excluding steroid dienone is 1. The first kappa shape index (κ1) is 11.7. The Morgan fingerprint density at radius 1 is 1.00 bits per heavy atom. The first-order valence-electron chi connectivity index (χ1n) is 7.90. The number of hydrogen-bond donors (Lipinski definition) is 1. The third kappa shape index (κ3) is 2.36. The van der Waals surface area contributed by atoms with Gasteiger partial charge in [0.15, 0.2) is 0 Å². The van der Waals surface area contributed by atoms with E-state index in [2.05, 4.69) is 41.7 Å². The Balaban J connectivity index is 1.60. The topological polar surface area (TPSA) is 12.0 Å². The van der Waals surface area contributed by atoms with Gasteiger partial charge in [-0.15, -0.1) is 0 Å². The van der Waals surface area contributed by atoms with Crippen LogP contribution in [0.25, 0.3) is 5.57 Å². The number of rotatable bonds is 4. The number of benzene rings is 1. The maximum atomic E-state index is 3.89. The summed E-state index contributed by atoms with van der Waals surface area (Å²) in [5.74, 6) is 2.69. The monoisotopic (exact) mass is 253 g/mol. The predicted molar refractivity (Wildman–Crippen MR) is 79.8 cm³/mol. The molecule has 1 nitrogen and oxygen atoms in total. The number of fused-ring (bicyclic) bond motifs is 2. The van der Waals surface area contributed by atoms with Crippen LogP contribution >= 0.6 is 0 Å². The van der Waals surface area contributed by atoms with E-state index >= 15 is 0 Å². The molecule has 3 aliphatic rings. The van der Waals surface area contributed by atoms with Crippen molar-refractivity contribution in [2.24, 2.45) is 17.8 Å². The maximum Gasteiger partial charge on any atom is 0.0351 e. The fourth-order valence-electron chi connectivity index (χ4n) is 3.92. The maximum absolute atomic E-state index is 3.89. The molecule has 3 atom stereocenters. The molecule has 1 N–H and O–H groups in total. The molecule has 3 aliphatic carbocycles. The fraction of sp³-hybridized carbons (Fsp3) is 0.556. The van der Waals surface area contributed by atoms with E-state index in [1.54, 1.807) is 5.57 Å². The molecule has 100 valence electrons. The zero-order valence-corrected chi connectivity index (χ0v) is 11.5. The van der Waals surface area contributed by atoms with E-state index in [9.17, 15) is 0 Å². The zero-order chi connectivity index (χ0) is 12.7. The van der Waals surface area contributed by atoms with Gasteiger partial charge in [0.2, 0.25) is 0 Å². The van der Waals surface area contributed by atoms with Crippen LogP contribution in [0.2, 0.25) is 0 Å². The van der Waals surface area contributed by atoms with E-state index < -0.39 is 0 Å². The quantitative estimate of drug-likeness (QED) is 0.859. The Morgan fingerprint density at radius 2 is 1.84 bits per heavy atom. The largest absolute Gasteiger partial charge is 0.309 e. The standard InChI is InChI=1S/C18H23N/c1-2-4-15(5-3-1)17-11-14-8-9-16(10-14)18(17)19-12-13-6-7-13/h1-5,11,13-14,16,18-19H,6-10,12H2/t14?,16?,18-/m0/s1. The molecule has 0 radical (unpaired) electrons. The molecule has 2 fully saturated rings. The molecule has 0 aliphatic heterocycles. The van der Waals surface area contributed by atoms with E-state index in [4.69, 9.17) is 0 Å². The first-order chi connectivity index (χ1) is 9.40. The van der Waals surface area contributed by atoms with Crippen molar-refractivity contribution >= 4 is 5.57 Å². The average Bonchev–Trinajstić information content (AvgIpc) is 3.21. The molecule has 0 aromatic heterocycles. The highest BCUT2D eigenvalue weighted by Gasteiger charge is 2.37. The van der Waals surface area contributed by atoms with Crippen LogP contribution in [0.4, 0.5) is 0 Å². The highest BCUT2D eigenvalue weighted by molar-refractivity contribution is 5.71. The van der Waals surface area contributed by atoms with Crippen LogP contribution in [-0.2, 0) is 0 Å². The van der Waals surface area contributed by atoms with Crippen LogP contribution in [0.3, 0.4) is 0 Å². The van der Waals surface area contributed by atoms with Crippen molar-refractivity contribution < 1.29 is 0 Å². The number of hydrogen-bond acceptors (Lipinski definition) is 1. The molecule has 1 aromatic carbocycles. The summed E-state index contributed by atoms with van der Waals surface area (Å²) in [5, 5.41) is 3.89. The molecule has 0 amide bonds. The van der Waals surface area contributed by atoms with E-state index in [0.717, 1.165) is 17.8 Å². The van der Waals surface area contributed by atoms with Gasteiger partial charge in [-0.3, -0.25) is 0 Å². The second-order valence-electron chi connectivity index (χ2n) is 6.65. The van der Waals surface area contributed by atoms with Gasteiger partial charge in [-0.25, -0.2) is 0 Å². The Bertz CT molecular complexity index is 472. The molecule has 0 spiro atoms. The first-order valence-corrected chi connectivity index (χ1v) is 7.90. The molecule has 2 unspecified atom stereocenters. The minimum Gasteiger partial charge on any atom is -0.309 e. The summed E-state index contributed by atoms with van der Waals surface area (Å²) in [5.41, 5.74) is 3.02. The van der Waals surface area contributed by atoms with Crippen LogP contribution in [-0.4, -0.2) is 12.6 Å². The van der Waals surface area contributed by atoms with Gasteiger partial charge >= 0.3 is 0 Å². The van der Waals surface area contributed by atoms with Gasteiger partial charge in [0.25, 0.3) is 0 Å². The van der Waals surface area contributed by atoms with Crippen molar-refractivity contribution in [1.29, 1.82) is 0 Å². The van der Waals surface area contributed by atoms with E-state index in [-0.39, 0.29) is 0 Å². The normalized spacial score (nSPS) is 33.3. The summed E-state index contributed by atoms with van der Waals surface area (Å²) in [7, 11) is 0. The van der Waals surface area contributed by atoms with Gasteiger partial charge in [-0.05, 0) is 67.5 Å². The van der Waals surface area contributed by atoms with Crippen molar-refractivity contribution in [2.45, 2.75) is 38.1 Å². The molecule has 2 saturated carbocycles. The Morgan fingerprint density at radius 3 is 2.63 bits per heavy atom. The van der Waals surface area contributed by atoms with E-state index in [1.807, 2.05) is 0 Å². The lowest BCUT2D eigenvalue weighted by atomic mass is 9.81. The summed E-state index contributed by atoms with van der Waals surface area (Å²) in [4.78, 5) is 0. The summed E-state index contributed by atoms with van der Waals surface area (Å²) in [6.07, 6.45) is 9.69. The Hall–Kier alpha value is -1.08. The molecule has 0 saturated heterocycles. The predicted octanol–water partition coefficient (Wildman–Crippen LogP) is 3.87. The van der Waals surface area contributed by atoms with Crippen molar-refractivity contribution in [3.8, 4) is 0 Å². The van der Waals surface area contributed by atoms with Crippen molar-refractivity contribution in [3.63, 3.8) is 0 Å². The van der Waals surface area contributed by atoms with Crippen LogP contribution < -0.4 is 5.32 Å². The fourth-order valence-corrected chi connectivity index (χ4v) is 3.92. The van der Waals surface area contributed by atoms with Crippen LogP contribution in [0.5, 0.6) is 0 Å². The molecule has 2 bridgehead atoms. The molecule has 4 rings (SSSR count). The second kappa shape index (κ2) is 4.79. The Labute approximate surface area is 116 Å².